The Hall–Kier alpha value is -1.57. The topological polar surface area (TPSA) is 68.2 Å². The van der Waals surface area contributed by atoms with Gasteiger partial charge in [0.25, 0.3) is 0 Å². The summed E-state index contributed by atoms with van der Waals surface area (Å²) in [4.78, 5) is 8.59. The van der Waals surface area contributed by atoms with Crippen molar-refractivity contribution in [2.24, 2.45) is 10.7 Å². The quantitative estimate of drug-likeness (QED) is 0.435. The van der Waals surface area contributed by atoms with E-state index in [-0.39, 0.29) is 24.0 Å². The van der Waals surface area contributed by atoms with Crippen molar-refractivity contribution >= 4 is 29.9 Å². The van der Waals surface area contributed by atoms with Crippen molar-refractivity contribution in [3.8, 4) is 0 Å². The molecule has 0 radical (unpaired) electrons. The van der Waals surface area contributed by atoms with Crippen molar-refractivity contribution in [2.75, 3.05) is 6.54 Å². The molecule has 0 atom stereocenters. The van der Waals surface area contributed by atoms with Crippen LogP contribution in [0.4, 0.5) is 0 Å². The number of aliphatic imine (C=N–C) groups is 1. The zero-order chi connectivity index (χ0) is 15.1. The Morgan fingerprint density at radius 2 is 2.14 bits per heavy atom. The molecule has 0 saturated heterocycles. The standard InChI is InChI=1S/C16H23N5.HI/c1-3-7-19-16(17)20-11-14-5-4-6-15(10-14)12-21-9-8-18-13(21)2;/h4-6,8-10H,3,7,11-12H2,1-2H3,(H3,17,19,20);1H. The second kappa shape index (κ2) is 9.45. The van der Waals surface area contributed by atoms with Crippen molar-refractivity contribution in [1.82, 2.24) is 14.9 Å². The van der Waals surface area contributed by atoms with Crippen LogP contribution in [-0.4, -0.2) is 22.1 Å². The number of hydrogen-bond acceptors (Lipinski definition) is 2. The Morgan fingerprint density at radius 1 is 1.36 bits per heavy atom. The molecule has 1 heterocycles. The van der Waals surface area contributed by atoms with Crippen molar-refractivity contribution in [1.29, 1.82) is 0 Å². The number of nitrogens with zero attached hydrogens (tertiary/aromatic N) is 3. The Balaban J connectivity index is 0.00000242. The molecular weight excluding hydrogens is 389 g/mol. The average Bonchev–Trinajstić information content (AvgIpc) is 2.88. The lowest BCUT2D eigenvalue weighted by Crippen LogP contribution is -2.32. The van der Waals surface area contributed by atoms with Gasteiger partial charge in [-0.05, 0) is 24.5 Å². The Bertz CT molecular complexity index is 606. The fourth-order valence-electron chi connectivity index (χ4n) is 2.08. The van der Waals surface area contributed by atoms with E-state index in [1.807, 2.05) is 19.3 Å². The lowest BCUT2D eigenvalue weighted by Gasteiger charge is -2.07. The van der Waals surface area contributed by atoms with Gasteiger partial charge in [-0.1, -0.05) is 31.2 Å². The molecule has 2 rings (SSSR count). The maximum absolute atomic E-state index is 5.80. The SMILES string of the molecule is CCCNC(N)=NCc1cccc(Cn2ccnc2C)c1.I. The van der Waals surface area contributed by atoms with Crippen LogP contribution in [-0.2, 0) is 13.1 Å². The predicted molar refractivity (Wildman–Crippen MR) is 102 cm³/mol. The minimum absolute atomic E-state index is 0. The first-order valence-corrected chi connectivity index (χ1v) is 7.28. The summed E-state index contributed by atoms with van der Waals surface area (Å²) < 4.78 is 2.12. The predicted octanol–water partition coefficient (Wildman–Crippen LogP) is 2.67. The minimum Gasteiger partial charge on any atom is -0.370 e. The van der Waals surface area contributed by atoms with Gasteiger partial charge in [0.05, 0.1) is 6.54 Å². The molecule has 120 valence electrons. The van der Waals surface area contributed by atoms with E-state index in [1.165, 1.54) is 5.56 Å². The van der Waals surface area contributed by atoms with Gasteiger partial charge in [-0.3, -0.25) is 0 Å². The largest absolute Gasteiger partial charge is 0.370 e. The zero-order valence-corrected chi connectivity index (χ0v) is 15.5. The molecule has 1 aromatic carbocycles. The molecule has 3 N–H and O–H groups in total. The number of nitrogens with one attached hydrogen (secondary N) is 1. The summed E-state index contributed by atoms with van der Waals surface area (Å²) in [5, 5.41) is 3.08. The van der Waals surface area contributed by atoms with Gasteiger partial charge in [-0.25, -0.2) is 9.98 Å². The third-order valence-electron chi connectivity index (χ3n) is 3.26. The van der Waals surface area contributed by atoms with Gasteiger partial charge in [0, 0.05) is 25.5 Å². The molecule has 2 aromatic rings. The number of aromatic nitrogens is 2. The molecule has 0 unspecified atom stereocenters. The zero-order valence-electron chi connectivity index (χ0n) is 13.1. The number of hydrogen-bond donors (Lipinski definition) is 2. The van der Waals surface area contributed by atoms with Crippen molar-refractivity contribution in [2.45, 2.75) is 33.4 Å². The summed E-state index contributed by atoms with van der Waals surface area (Å²) >= 11 is 0. The van der Waals surface area contributed by atoms with E-state index in [9.17, 15) is 0 Å². The molecule has 0 saturated carbocycles. The smallest absolute Gasteiger partial charge is 0.188 e. The number of rotatable bonds is 6. The van der Waals surface area contributed by atoms with Crippen LogP contribution in [0.3, 0.4) is 0 Å². The highest BCUT2D eigenvalue weighted by molar-refractivity contribution is 14.0. The number of guanidine groups is 1. The fraction of sp³-hybridized carbons (Fsp3) is 0.375. The summed E-state index contributed by atoms with van der Waals surface area (Å²) in [5.41, 5.74) is 8.20. The van der Waals surface area contributed by atoms with E-state index in [2.05, 4.69) is 51.0 Å². The molecule has 0 spiro atoms. The Labute approximate surface area is 149 Å². The first kappa shape index (κ1) is 18.5. The molecule has 0 bridgehead atoms. The molecule has 22 heavy (non-hydrogen) atoms. The van der Waals surface area contributed by atoms with Crippen molar-refractivity contribution in [3.05, 3.63) is 53.6 Å². The van der Waals surface area contributed by atoms with E-state index in [4.69, 9.17) is 5.73 Å². The summed E-state index contributed by atoms with van der Waals surface area (Å²) in [6.07, 6.45) is 4.85. The van der Waals surface area contributed by atoms with Gasteiger partial charge < -0.3 is 15.6 Å². The maximum Gasteiger partial charge on any atom is 0.188 e. The minimum atomic E-state index is 0. The number of nitrogens with two attached hydrogens (primary N) is 1. The van der Waals surface area contributed by atoms with Crippen LogP contribution in [0.2, 0.25) is 0 Å². The van der Waals surface area contributed by atoms with E-state index in [1.54, 1.807) is 0 Å². The average molecular weight is 413 g/mol. The van der Waals surface area contributed by atoms with E-state index in [0.29, 0.717) is 12.5 Å². The summed E-state index contributed by atoms with van der Waals surface area (Å²) in [7, 11) is 0. The van der Waals surface area contributed by atoms with Gasteiger partial charge in [0.15, 0.2) is 5.96 Å². The van der Waals surface area contributed by atoms with Crippen LogP contribution in [0.1, 0.15) is 30.3 Å². The molecule has 6 heteroatoms. The third-order valence-corrected chi connectivity index (χ3v) is 3.26. The highest BCUT2D eigenvalue weighted by atomic mass is 127. The summed E-state index contributed by atoms with van der Waals surface area (Å²) in [6, 6.07) is 8.41. The number of imidazole rings is 1. The number of halogens is 1. The second-order valence-electron chi connectivity index (χ2n) is 5.05. The van der Waals surface area contributed by atoms with Gasteiger partial charge in [0.1, 0.15) is 5.82 Å². The van der Waals surface area contributed by atoms with Crippen molar-refractivity contribution < 1.29 is 0 Å². The second-order valence-corrected chi connectivity index (χ2v) is 5.05. The Morgan fingerprint density at radius 3 is 2.82 bits per heavy atom. The molecule has 0 aliphatic carbocycles. The van der Waals surface area contributed by atoms with Crippen LogP contribution in [0.15, 0.2) is 41.7 Å². The summed E-state index contributed by atoms with van der Waals surface area (Å²) in [6.45, 7) is 6.39. The molecule has 0 aliphatic heterocycles. The Kier molecular flexibility index (Phi) is 7.94. The molecule has 5 nitrogen and oxygen atoms in total. The van der Waals surface area contributed by atoms with Crippen LogP contribution in [0, 0.1) is 6.92 Å². The lowest BCUT2D eigenvalue weighted by molar-refractivity contribution is 0.760. The van der Waals surface area contributed by atoms with E-state index < -0.39 is 0 Å². The van der Waals surface area contributed by atoms with Crippen LogP contribution >= 0.6 is 24.0 Å². The maximum atomic E-state index is 5.80. The third kappa shape index (κ3) is 5.67. The number of benzene rings is 1. The molecule has 0 aliphatic rings. The van der Waals surface area contributed by atoms with Gasteiger partial charge in [-0.15, -0.1) is 24.0 Å². The first-order chi connectivity index (χ1) is 10.2. The highest BCUT2D eigenvalue weighted by Gasteiger charge is 2.00. The highest BCUT2D eigenvalue weighted by Crippen LogP contribution is 2.09. The normalized spacial score (nSPS) is 11.1. The van der Waals surface area contributed by atoms with Crippen molar-refractivity contribution in [3.63, 3.8) is 0 Å². The van der Waals surface area contributed by atoms with Gasteiger partial charge in [-0.2, -0.15) is 0 Å². The lowest BCUT2D eigenvalue weighted by atomic mass is 10.1. The monoisotopic (exact) mass is 413 g/mol. The fourth-order valence-corrected chi connectivity index (χ4v) is 2.08. The molecule has 0 amide bonds. The van der Waals surface area contributed by atoms with Crippen LogP contribution in [0.5, 0.6) is 0 Å². The van der Waals surface area contributed by atoms with E-state index >= 15 is 0 Å². The number of aryl methyl sites for hydroxylation is 1. The van der Waals surface area contributed by atoms with Crippen LogP contribution in [0.25, 0.3) is 0 Å². The molecule has 1 aromatic heterocycles. The summed E-state index contributed by atoms with van der Waals surface area (Å²) in [5.74, 6) is 1.53. The first-order valence-electron chi connectivity index (χ1n) is 7.28. The molecule has 0 fully saturated rings. The van der Waals surface area contributed by atoms with E-state index in [0.717, 1.165) is 30.9 Å². The van der Waals surface area contributed by atoms with Gasteiger partial charge >= 0.3 is 0 Å². The molecular formula is C16H24IN5. The van der Waals surface area contributed by atoms with Gasteiger partial charge in [0.2, 0.25) is 0 Å². The van der Waals surface area contributed by atoms with Crippen LogP contribution < -0.4 is 11.1 Å².